The van der Waals surface area contributed by atoms with Crippen molar-refractivity contribution < 1.29 is 4.74 Å². The van der Waals surface area contributed by atoms with Crippen LogP contribution >= 0.6 is 11.6 Å². The second kappa shape index (κ2) is 6.15. The van der Waals surface area contributed by atoms with Gasteiger partial charge in [-0.3, -0.25) is 0 Å². The Morgan fingerprint density at radius 1 is 1.22 bits per heavy atom. The molecule has 5 nitrogen and oxygen atoms in total. The number of nitrogens with one attached hydrogen (secondary N) is 1. The molecular formula is C12H7ClN4O. The van der Waals surface area contributed by atoms with E-state index in [-0.39, 0.29) is 11.3 Å². The molecule has 0 heterocycles. The highest BCUT2D eigenvalue weighted by molar-refractivity contribution is 6.32. The topological polar surface area (TPSA) is 92.6 Å². The molecular weight excluding hydrogens is 252 g/mol. The molecule has 1 rings (SSSR count). The van der Waals surface area contributed by atoms with Gasteiger partial charge in [-0.15, -0.1) is 0 Å². The number of rotatable bonds is 3. The molecule has 0 aliphatic rings. The van der Waals surface area contributed by atoms with Gasteiger partial charge in [0.15, 0.2) is 11.3 Å². The number of benzene rings is 1. The average Bonchev–Trinajstić information content (AvgIpc) is 2.39. The lowest BCUT2D eigenvalue weighted by Gasteiger charge is -2.11. The number of anilines is 1. The Morgan fingerprint density at radius 3 is 2.39 bits per heavy atom. The summed E-state index contributed by atoms with van der Waals surface area (Å²) in [6.45, 7) is 0. The first-order valence-electron chi connectivity index (χ1n) is 4.72. The maximum atomic E-state index is 8.91. The molecule has 1 aromatic rings. The molecule has 1 aromatic carbocycles. The molecule has 0 saturated heterocycles. The number of ether oxygens (including phenoxy) is 1. The minimum Gasteiger partial charge on any atom is -0.493 e. The van der Waals surface area contributed by atoms with E-state index < -0.39 is 0 Å². The van der Waals surface area contributed by atoms with Crippen LogP contribution in [0.4, 0.5) is 5.69 Å². The minimum atomic E-state index is -0.306. The van der Waals surface area contributed by atoms with Gasteiger partial charge in [-0.2, -0.15) is 15.8 Å². The molecule has 0 aliphatic heterocycles. The lowest BCUT2D eigenvalue weighted by molar-refractivity contribution is 0.417. The predicted molar refractivity (Wildman–Crippen MR) is 65.5 cm³/mol. The van der Waals surface area contributed by atoms with Crippen molar-refractivity contribution in [2.45, 2.75) is 0 Å². The van der Waals surface area contributed by atoms with Crippen LogP contribution < -0.4 is 10.1 Å². The number of methoxy groups -OCH3 is 1. The monoisotopic (exact) mass is 258 g/mol. The Balaban J connectivity index is 3.25. The van der Waals surface area contributed by atoms with Crippen molar-refractivity contribution in [1.29, 1.82) is 15.8 Å². The van der Waals surface area contributed by atoms with E-state index in [1.807, 2.05) is 0 Å². The third-order valence-electron chi connectivity index (χ3n) is 2.02. The molecule has 88 valence electrons. The van der Waals surface area contributed by atoms with Gasteiger partial charge in [0.25, 0.3) is 0 Å². The Morgan fingerprint density at radius 2 is 1.89 bits per heavy atom. The summed E-state index contributed by atoms with van der Waals surface area (Å²) < 4.78 is 5.08. The third-order valence-corrected chi connectivity index (χ3v) is 2.31. The van der Waals surface area contributed by atoms with Crippen LogP contribution in [0.2, 0.25) is 5.02 Å². The van der Waals surface area contributed by atoms with Crippen LogP contribution in [0.1, 0.15) is 0 Å². The fraction of sp³-hybridized carbons (Fsp3) is 0.0833. The number of para-hydroxylation sites is 1. The number of hydrogen-bond donors (Lipinski definition) is 1. The third kappa shape index (κ3) is 2.71. The van der Waals surface area contributed by atoms with Crippen molar-refractivity contribution in [2.75, 3.05) is 12.4 Å². The summed E-state index contributed by atoms with van der Waals surface area (Å²) in [5, 5.41) is 29.3. The minimum absolute atomic E-state index is 0.152. The van der Waals surface area contributed by atoms with Crippen molar-refractivity contribution in [3.8, 4) is 24.0 Å². The fourth-order valence-corrected chi connectivity index (χ4v) is 1.48. The lowest BCUT2D eigenvalue weighted by atomic mass is 10.2. The first kappa shape index (κ1) is 13.4. The lowest BCUT2D eigenvalue weighted by Crippen LogP contribution is -2.02. The average molecular weight is 259 g/mol. The smallest absolute Gasteiger partial charge is 0.163 e. The summed E-state index contributed by atoms with van der Waals surface area (Å²) in [5.74, 6) is 0.335. The molecule has 0 fully saturated rings. The van der Waals surface area contributed by atoms with Gasteiger partial charge in [0.1, 0.15) is 23.9 Å². The van der Waals surface area contributed by atoms with Crippen LogP contribution in [-0.2, 0) is 0 Å². The Kier molecular flexibility index (Phi) is 4.58. The van der Waals surface area contributed by atoms with Crippen molar-refractivity contribution in [2.24, 2.45) is 0 Å². The molecule has 1 N–H and O–H groups in total. The zero-order chi connectivity index (χ0) is 13.5. The second-order valence-electron chi connectivity index (χ2n) is 3.03. The molecule has 18 heavy (non-hydrogen) atoms. The fourth-order valence-electron chi connectivity index (χ4n) is 1.23. The maximum absolute atomic E-state index is 8.91. The molecule has 6 heteroatoms. The summed E-state index contributed by atoms with van der Waals surface area (Å²) in [5.41, 5.74) is -0.0513. The number of nitriles is 3. The molecule has 0 atom stereocenters. The van der Waals surface area contributed by atoms with Crippen LogP contribution in [0.15, 0.2) is 29.5 Å². The predicted octanol–water partition coefficient (Wildman–Crippen LogP) is 2.59. The van der Waals surface area contributed by atoms with Crippen LogP contribution in [0.5, 0.6) is 5.75 Å². The molecule has 0 aromatic heterocycles. The second-order valence-corrected chi connectivity index (χ2v) is 3.44. The summed E-state index contributed by atoms with van der Waals surface area (Å²) in [4.78, 5) is 0. The normalized spacial score (nSPS) is 8.39. The van der Waals surface area contributed by atoms with Gasteiger partial charge in [-0.1, -0.05) is 17.7 Å². The number of nitrogens with zero attached hydrogens (tertiary/aromatic N) is 3. The molecule has 0 radical (unpaired) electrons. The van der Waals surface area contributed by atoms with Gasteiger partial charge in [0, 0.05) is 0 Å². The first-order valence-corrected chi connectivity index (χ1v) is 5.09. The maximum Gasteiger partial charge on any atom is 0.163 e. The summed E-state index contributed by atoms with van der Waals surface area (Å²) in [6.07, 6.45) is 0. The largest absolute Gasteiger partial charge is 0.493 e. The van der Waals surface area contributed by atoms with Crippen molar-refractivity contribution in [3.63, 3.8) is 0 Å². The molecule has 0 bridgehead atoms. The van der Waals surface area contributed by atoms with Crippen molar-refractivity contribution in [3.05, 3.63) is 34.5 Å². The quantitative estimate of drug-likeness (QED) is 0.841. The van der Waals surface area contributed by atoms with Crippen molar-refractivity contribution in [1.82, 2.24) is 0 Å². The van der Waals surface area contributed by atoms with E-state index in [9.17, 15) is 0 Å². The van der Waals surface area contributed by atoms with Crippen LogP contribution in [0.3, 0.4) is 0 Å². The van der Waals surface area contributed by atoms with Gasteiger partial charge >= 0.3 is 0 Å². The summed E-state index contributed by atoms with van der Waals surface area (Å²) in [6, 6.07) is 9.91. The first-order chi connectivity index (χ1) is 8.67. The van der Waals surface area contributed by atoms with Crippen molar-refractivity contribution >= 4 is 17.3 Å². The number of hydrogen-bond acceptors (Lipinski definition) is 5. The highest BCUT2D eigenvalue weighted by Crippen LogP contribution is 2.33. The van der Waals surface area contributed by atoms with Gasteiger partial charge in [-0.05, 0) is 12.1 Å². The van der Waals surface area contributed by atoms with Crippen LogP contribution in [-0.4, -0.2) is 7.11 Å². The number of allylic oxidation sites excluding steroid dienone is 2. The summed E-state index contributed by atoms with van der Waals surface area (Å²) >= 11 is 5.91. The highest BCUT2D eigenvalue weighted by atomic mass is 35.5. The van der Waals surface area contributed by atoms with E-state index in [0.29, 0.717) is 16.5 Å². The zero-order valence-electron chi connectivity index (χ0n) is 9.36. The van der Waals surface area contributed by atoms with Gasteiger partial charge in [-0.25, -0.2) is 0 Å². The van der Waals surface area contributed by atoms with Gasteiger partial charge in [0.2, 0.25) is 0 Å². The van der Waals surface area contributed by atoms with Crippen LogP contribution in [0.25, 0.3) is 0 Å². The SMILES string of the molecule is COc1c(Cl)cccc1NC(C#N)=C(C#N)C#N. The number of halogens is 1. The molecule has 0 unspecified atom stereocenters. The van der Waals surface area contributed by atoms with E-state index in [2.05, 4.69) is 5.32 Å². The zero-order valence-corrected chi connectivity index (χ0v) is 10.1. The van der Waals surface area contributed by atoms with E-state index in [1.54, 1.807) is 36.4 Å². The van der Waals surface area contributed by atoms with Crippen LogP contribution in [0, 0.1) is 34.0 Å². The molecule has 0 spiro atoms. The molecule has 0 amide bonds. The Labute approximate surface area is 109 Å². The molecule has 0 aliphatic carbocycles. The standard InChI is InChI=1S/C12H7ClN4O/c1-18-12-9(13)3-2-4-10(12)17-11(7-16)8(5-14)6-15/h2-4,17H,1H3. The van der Waals surface area contributed by atoms with E-state index in [0.717, 1.165) is 0 Å². The van der Waals surface area contributed by atoms with E-state index in [4.69, 9.17) is 32.1 Å². The summed E-state index contributed by atoms with van der Waals surface area (Å²) in [7, 11) is 1.43. The highest BCUT2D eigenvalue weighted by Gasteiger charge is 2.11. The van der Waals surface area contributed by atoms with E-state index >= 15 is 0 Å². The Hall–Kier alpha value is -2.68. The molecule has 0 saturated carbocycles. The van der Waals surface area contributed by atoms with Gasteiger partial charge < -0.3 is 10.1 Å². The Bertz CT molecular complexity index is 600. The van der Waals surface area contributed by atoms with Gasteiger partial charge in [0.05, 0.1) is 17.8 Å². The van der Waals surface area contributed by atoms with E-state index in [1.165, 1.54) is 7.11 Å².